The number of rotatable bonds is 7. The maximum atomic E-state index is 13.0. The Morgan fingerprint density at radius 3 is 2.73 bits per heavy atom. The van der Waals surface area contributed by atoms with Crippen molar-refractivity contribution in [1.82, 2.24) is 29.9 Å². The Balaban J connectivity index is 1.48. The Hall–Kier alpha value is -3.00. The highest BCUT2D eigenvalue weighted by Crippen LogP contribution is 2.20. The maximum absolute atomic E-state index is 13.0. The minimum atomic E-state index is -0.0959. The van der Waals surface area contributed by atoms with Gasteiger partial charge in [0.15, 0.2) is 5.65 Å². The molecule has 0 bridgehead atoms. The third kappa shape index (κ3) is 4.28. The van der Waals surface area contributed by atoms with Crippen LogP contribution in [0.15, 0.2) is 35.8 Å². The Bertz CT molecular complexity index is 1170. The van der Waals surface area contributed by atoms with Crippen molar-refractivity contribution in [3.05, 3.63) is 63.4 Å². The Morgan fingerprint density at radius 2 is 2.03 bits per heavy atom. The highest BCUT2D eigenvalue weighted by Gasteiger charge is 2.17. The van der Waals surface area contributed by atoms with E-state index in [4.69, 9.17) is 0 Å². The van der Waals surface area contributed by atoms with Crippen LogP contribution in [0.3, 0.4) is 0 Å². The van der Waals surface area contributed by atoms with E-state index < -0.39 is 0 Å². The zero-order chi connectivity index (χ0) is 21.3. The van der Waals surface area contributed by atoms with Crippen molar-refractivity contribution in [1.29, 1.82) is 0 Å². The standard InChI is InChI=1S/C22H26N6OS/c1-14(12-27-17(4)8-16(3)26-27)10-23-22(29)19-9-15(2)25-21-20(19)11-24-28(21)13-18-6-5-7-30-18/h5-9,11,14H,10,12-13H2,1-4H3,(H,23,29). The van der Waals surface area contributed by atoms with E-state index in [9.17, 15) is 4.79 Å². The molecule has 4 rings (SSSR count). The fourth-order valence-electron chi connectivity index (χ4n) is 3.61. The molecule has 0 aliphatic rings. The lowest BCUT2D eigenvalue weighted by Gasteiger charge is -2.14. The van der Waals surface area contributed by atoms with Crippen molar-refractivity contribution >= 4 is 28.3 Å². The van der Waals surface area contributed by atoms with E-state index in [2.05, 4.69) is 46.5 Å². The number of nitrogens with one attached hydrogen (secondary N) is 1. The number of hydrogen-bond donors (Lipinski definition) is 1. The van der Waals surface area contributed by atoms with E-state index in [1.807, 2.05) is 40.7 Å². The molecule has 0 aliphatic heterocycles. The zero-order valence-electron chi connectivity index (χ0n) is 17.7. The van der Waals surface area contributed by atoms with Crippen LogP contribution < -0.4 is 5.32 Å². The fourth-order valence-corrected chi connectivity index (χ4v) is 4.29. The second-order valence-corrected chi connectivity index (χ2v) is 8.89. The third-order valence-corrected chi connectivity index (χ3v) is 5.93. The van der Waals surface area contributed by atoms with Gasteiger partial charge in [-0.1, -0.05) is 13.0 Å². The van der Waals surface area contributed by atoms with Crippen LogP contribution in [0, 0.1) is 26.7 Å². The topological polar surface area (TPSA) is 77.6 Å². The molecule has 0 saturated carbocycles. The number of carbonyl (C=O) groups is 1. The summed E-state index contributed by atoms with van der Waals surface area (Å²) in [6.45, 7) is 10.1. The normalized spacial score (nSPS) is 12.4. The van der Waals surface area contributed by atoms with E-state index in [0.717, 1.165) is 34.7 Å². The van der Waals surface area contributed by atoms with Gasteiger partial charge in [0.25, 0.3) is 5.91 Å². The van der Waals surface area contributed by atoms with Gasteiger partial charge >= 0.3 is 0 Å². The minimum Gasteiger partial charge on any atom is -0.352 e. The molecular formula is C22H26N6OS. The van der Waals surface area contributed by atoms with Gasteiger partial charge in [-0.3, -0.25) is 9.48 Å². The Morgan fingerprint density at radius 1 is 1.20 bits per heavy atom. The van der Waals surface area contributed by atoms with Gasteiger partial charge in [0.1, 0.15) is 0 Å². The van der Waals surface area contributed by atoms with Crippen molar-refractivity contribution in [2.24, 2.45) is 5.92 Å². The van der Waals surface area contributed by atoms with Crippen LogP contribution in [-0.2, 0) is 13.1 Å². The molecule has 0 aliphatic carbocycles. The number of aromatic nitrogens is 5. The summed E-state index contributed by atoms with van der Waals surface area (Å²) in [5, 5.41) is 14.9. The molecule has 1 atom stereocenters. The molecule has 0 fully saturated rings. The van der Waals surface area contributed by atoms with Gasteiger partial charge in [0.2, 0.25) is 0 Å². The number of fused-ring (bicyclic) bond motifs is 1. The summed E-state index contributed by atoms with van der Waals surface area (Å²) in [6, 6.07) is 8.00. The predicted octanol–water partition coefficient (Wildman–Crippen LogP) is 3.73. The quantitative estimate of drug-likeness (QED) is 0.492. The number of aryl methyl sites for hydroxylation is 3. The predicted molar refractivity (Wildman–Crippen MR) is 119 cm³/mol. The molecule has 4 aromatic heterocycles. The first-order valence-electron chi connectivity index (χ1n) is 10.1. The largest absolute Gasteiger partial charge is 0.352 e. The van der Waals surface area contributed by atoms with Crippen LogP contribution in [0.1, 0.15) is 39.2 Å². The molecule has 7 nitrogen and oxygen atoms in total. The summed E-state index contributed by atoms with van der Waals surface area (Å²) in [4.78, 5) is 18.8. The first kappa shape index (κ1) is 20.3. The van der Waals surface area contributed by atoms with Crippen LogP contribution in [-0.4, -0.2) is 37.0 Å². The molecule has 8 heteroatoms. The molecule has 1 unspecified atom stereocenters. The van der Waals surface area contributed by atoms with Gasteiger partial charge in [-0.2, -0.15) is 10.2 Å². The minimum absolute atomic E-state index is 0.0959. The average Bonchev–Trinajstić information content (AvgIpc) is 3.42. The van der Waals surface area contributed by atoms with E-state index in [1.54, 1.807) is 17.5 Å². The molecule has 1 N–H and O–H groups in total. The molecule has 0 saturated heterocycles. The second kappa shape index (κ2) is 8.39. The van der Waals surface area contributed by atoms with Crippen molar-refractivity contribution in [3.63, 3.8) is 0 Å². The monoisotopic (exact) mass is 422 g/mol. The molecule has 4 heterocycles. The van der Waals surface area contributed by atoms with Crippen LogP contribution in [0.25, 0.3) is 11.0 Å². The lowest BCUT2D eigenvalue weighted by Crippen LogP contribution is -2.30. The summed E-state index contributed by atoms with van der Waals surface area (Å²) < 4.78 is 3.85. The molecule has 0 aromatic carbocycles. The van der Waals surface area contributed by atoms with Crippen molar-refractivity contribution in [3.8, 4) is 0 Å². The number of nitrogens with zero attached hydrogens (tertiary/aromatic N) is 5. The summed E-state index contributed by atoms with van der Waals surface area (Å²) in [7, 11) is 0. The second-order valence-electron chi connectivity index (χ2n) is 7.85. The van der Waals surface area contributed by atoms with Gasteiger partial charge in [0, 0.05) is 29.4 Å². The number of pyridine rings is 1. The lowest BCUT2D eigenvalue weighted by atomic mass is 10.1. The van der Waals surface area contributed by atoms with E-state index in [-0.39, 0.29) is 11.8 Å². The first-order valence-corrected chi connectivity index (χ1v) is 10.9. The summed E-state index contributed by atoms with van der Waals surface area (Å²) in [6.07, 6.45) is 1.74. The van der Waals surface area contributed by atoms with Gasteiger partial charge in [-0.25, -0.2) is 9.67 Å². The van der Waals surface area contributed by atoms with Crippen LogP contribution in [0.5, 0.6) is 0 Å². The van der Waals surface area contributed by atoms with E-state index >= 15 is 0 Å². The molecule has 1 amide bonds. The maximum Gasteiger partial charge on any atom is 0.252 e. The number of amides is 1. The van der Waals surface area contributed by atoms with Gasteiger partial charge < -0.3 is 5.32 Å². The van der Waals surface area contributed by atoms with Crippen LogP contribution in [0.4, 0.5) is 0 Å². The summed E-state index contributed by atoms with van der Waals surface area (Å²) in [5.41, 5.74) is 4.31. The highest BCUT2D eigenvalue weighted by molar-refractivity contribution is 7.09. The number of thiophene rings is 1. The first-order chi connectivity index (χ1) is 14.4. The fraction of sp³-hybridized carbons (Fsp3) is 0.364. The smallest absolute Gasteiger partial charge is 0.252 e. The molecule has 0 spiro atoms. The van der Waals surface area contributed by atoms with Crippen LogP contribution >= 0.6 is 11.3 Å². The molecular weight excluding hydrogens is 396 g/mol. The van der Waals surface area contributed by atoms with E-state index in [1.165, 1.54) is 4.88 Å². The average molecular weight is 423 g/mol. The van der Waals surface area contributed by atoms with Gasteiger partial charge in [-0.15, -0.1) is 11.3 Å². The number of carbonyl (C=O) groups excluding carboxylic acids is 1. The molecule has 0 radical (unpaired) electrons. The number of hydrogen-bond acceptors (Lipinski definition) is 5. The molecule has 156 valence electrons. The molecule has 30 heavy (non-hydrogen) atoms. The zero-order valence-corrected chi connectivity index (χ0v) is 18.5. The summed E-state index contributed by atoms with van der Waals surface area (Å²) in [5.74, 6) is 0.160. The van der Waals surface area contributed by atoms with Gasteiger partial charge in [0.05, 0.1) is 29.4 Å². The molecule has 4 aromatic rings. The van der Waals surface area contributed by atoms with Crippen LogP contribution in [0.2, 0.25) is 0 Å². The Labute approximate surface area is 179 Å². The van der Waals surface area contributed by atoms with E-state index in [0.29, 0.717) is 18.7 Å². The third-order valence-electron chi connectivity index (χ3n) is 5.07. The van der Waals surface area contributed by atoms with Gasteiger partial charge in [-0.05, 0) is 50.3 Å². The van der Waals surface area contributed by atoms with Crippen molar-refractivity contribution < 1.29 is 4.79 Å². The lowest BCUT2D eigenvalue weighted by molar-refractivity contribution is 0.0948. The highest BCUT2D eigenvalue weighted by atomic mass is 32.1. The Kier molecular flexibility index (Phi) is 5.67. The summed E-state index contributed by atoms with van der Waals surface area (Å²) >= 11 is 1.68. The van der Waals surface area contributed by atoms with Crippen molar-refractivity contribution in [2.75, 3.05) is 6.54 Å². The SMILES string of the molecule is Cc1cc(C(=O)NCC(C)Cn2nc(C)cc2C)c2cnn(Cc3cccs3)c2n1. The van der Waals surface area contributed by atoms with Crippen molar-refractivity contribution in [2.45, 2.75) is 40.8 Å².